The Balaban J connectivity index is 1.61. The van der Waals surface area contributed by atoms with Crippen LogP contribution in [0.25, 0.3) is 16.5 Å². The summed E-state index contributed by atoms with van der Waals surface area (Å²) in [4.78, 5) is 15.5. The molecule has 2 aliphatic heterocycles. The van der Waals surface area contributed by atoms with E-state index in [0.717, 1.165) is 61.6 Å². The minimum Gasteiger partial charge on any atom is -0.354 e. The number of nitrogens with zero attached hydrogens (tertiary/aromatic N) is 6. The van der Waals surface area contributed by atoms with Crippen LogP contribution in [0.15, 0.2) is 23.6 Å². The Kier molecular flexibility index (Phi) is 4.65. The van der Waals surface area contributed by atoms with Crippen molar-refractivity contribution in [1.82, 2.24) is 30.2 Å². The molecule has 9 heteroatoms. The van der Waals surface area contributed by atoms with Crippen LogP contribution in [0.5, 0.6) is 0 Å². The molecular formula is C19H26N8S. The van der Waals surface area contributed by atoms with Crippen molar-refractivity contribution < 1.29 is 0 Å². The van der Waals surface area contributed by atoms with Gasteiger partial charge in [0, 0.05) is 57.4 Å². The fraction of sp³-hybridized carbons (Fsp3) is 0.526. The molecule has 0 saturated carbocycles. The molecule has 2 saturated heterocycles. The van der Waals surface area contributed by atoms with Gasteiger partial charge in [0.1, 0.15) is 11.6 Å². The molecule has 3 aromatic rings. The monoisotopic (exact) mass is 398 g/mol. The predicted molar refractivity (Wildman–Crippen MR) is 113 cm³/mol. The molecule has 3 aromatic heterocycles. The molecule has 2 atom stereocenters. The Hall–Kier alpha value is -2.23. The maximum Gasteiger partial charge on any atom is 0.256 e. The summed E-state index contributed by atoms with van der Waals surface area (Å²) in [6.45, 7) is 10.2. The van der Waals surface area contributed by atoms with Crippen LogP contribution < -0.4 is 20.4 Å². The second-order valence-electron chi connectivity index (χ2n) is 7.70. The highest BCUT2D eigenvalue weighted by molar-refractivity contribution is 7.13. The highest BCUT2D eigenvalue weighted by Crippen LogP contribution is 2.27. The number of hydrogen-bond donors (Lipinski definition) is 2. The maximum absolute atomic E-state index is 4.89. The van der Waals surface area contributed by atoms with Crippen molar-refractivity contribution in [2.75, 3.05) is 49.1 Å². The number of nitrogens with one attached hydrogen (secondary N) is 2. The summed E-state index contributed by atoms with van der Waals surface area (Å²) in [5.74, 6) is 3.49. The van der Waals surface area contributed by atoms with E-state index in [4.69, 9.17) is 15.1 Å². The fourth-order valence-corrected chi connectivity index (χ4v) is 4.67. The molecule has 5 rings (SSSR count). The molecule has 28 heavy (non-hydrogen) atoms. The largest absolute Gasteiger partial charge is 0.354 e. The number of rotatable bonds is 3. The highest BCUT2D eigenvalue weighted by atomic mass is 32.1. The van der Waals surface area contributed by atoms with Gasteiger partial charge in [-0.1, -0.05) is 6.07 Å². The summed E-state index contributed by atoms with van der Waals surface area (Å²) in [6, 6.07) is 7.18. The zero-order chi connectivity index (χ0) is 19.1. The molecule has 0 amide bonds. The average molecular weight is 399 g/mol. The summed E-state index contributed by atoms with van der Waals surface area (Å²) >= 11 is 1.66. The van der Waals surface area contributed by atoms with E-state index in [1.165, 1.54) is 0 Å². The van der Waals surface area contributed by atoms with Gasteiger partial charge in [0.25, 0.3) is 5.78 Å². The van der Waals surface area contributed by atoms with Crippen molar-refractivity contribution >= 4 is 28.8 Å². The summed E-state index contributed by atoms with van der Waals surface area (Å²) in [5, 5.41) is 13.9. The molecule has 0 aromatic carbocycles. The van der Waals surface area contributed by atoms with Crippen LogP contribution in [0.4, 0.5) is 11.6 Å². The highest BCUT2D eigenvalue weighted by Gasteiger charge is 2.24. The number of hydrogen-bond acceptors (Lipinski definition) is 8. The first kappa shape index (κ1) is 17.8. The SMILES string of the molecule is CC1CN(c2cc(N3CCNC(C)C3)n3nc(-c4cccs4)nc3n2)CCN1. The Labute approximate surface area is 168 Å². The third kappa shape index (κ3) is 3.34. The minimum atomic E-state index is 0.444. The van der Waals surface area contributed by atoms with Gasteiger partial charge in [-0.15, -0.1) is 16.4 Å². The van der Waals surface area contributed by atoms with Gasteiger partial charge in [-0.25, -0.2) is 0 Å². The third-order valence-corrected chi connectivity index (χ3v) is 6.27. The van der Waals surface area contributed by atoms with Crippen molar-refractivity contribution in [2.45, 2.75) is 25.9 Å². The van der Waals surface area contributed by atoms with E-state index in [-0.39, 0.29) is 0 Å². The number of fused-ring (bicyclic) bond motifs is 1. The second kappa shape index (κ2) is 7.31. The number of thiophene rings is 1. The molecule has 0 spiro atoms. The van der Waals surface area contributed by atoms with Gasteiger partial charge in [-0.3, -0.25) is 0 Å². The number of aromatic nitrogens is 4. The number of piperazine rings is 2. The van der Waals surface area contributed by atoms with Crippen LogP contribution >= 0.6 is 11.3 Å². The van der Waals surface area contributed by atoms with E-state index in [1.807, 2.05) is 10.6 Å². The Morgan fingerprint density at radius 1 is 1.04 bits per heavy atom. The third-order valence-electron chi connectivity index (χ3n) is 5.41. The molecule has 2 unspecified atom stereocenters. The van der Waals surface area contributed by atoms with Crippen LogP contribution in [0.1, 0.15) is 13.8 Å². The van der Waals surface area contributed by atoms with Crippen molar-refractivity contribution in [3.8, 4) is 10.7 Å². The minimum absolute atomic E-state index is 0.444. The number of anilines is 2. The standard InChI is InChI=1S/C19H26N8S/c1-13-11-25(7-5-20-13)16-10-17(26-8-6-21-14(2)12-26)27-19(22-16)23-18(24-27)15-4-3-9-28-15/h3-4,9-10,13-14,20-21H,5-8,11-12H2,1-2H3. The van der Waals surface area contributed by atoms with Gasteiger partial charge < -0.3 is 20.4 Å². The molecule has 8 nitrogen and oxygen atoms in total. The van der Waals surface area contributed by atoms with E-state index in [1.54, 1.807) is 11.3 Å². The lowest BCUT2D eigenvalue weighted by Crippen LogP contribution is -2.50. The normalized spacial score (nSPS) is 23.5. The lowest BCUT2D eigenvalue weighted by Gasteiger charge is -2.35. The molecule has 0 aliphatic carbocycles. The van der Waals surface area contributed by atoms with E-state index in [2.05, 4.69) is 51.8 Å². The van der Waals surface area contributed by atoms with E-state index >= 15 is 0 Å². The smallest absolute Gasteiger partial charge is 0.256 e. The molecule has 2 N–H and O–H groups in total. The predicted octanol–water partition coefficient (Wildman–Crippen LogP) is 1.45. The second-order valence-corrected chi connectivity index (χ2v) is 8.65. The summed E-state index contributed by atoms with van der Waals surface area (Å²) in [5.41, 5.74) is 0. The molecular weight excluding hydrogens is 372 g/mol. The summed E-state index contributed by atoms with van der Waals surface area (Å²) in [7, 11) is 0. The van der Waals surface area contributed by atoms with Crippen molar-refractivity contribution in [3.63, 3.8) is 0 Å². The molecule has 0 bridgehead atoms. The van der Waals surface area contributed by atoms with Gasteiger partial charge in [0.05, 0.1) is 4.88 Å². The maximum atomic E-state index is 4.89. The van der Waals surface area contributed by atoms with Crippen LogP contribution in [0, 0.1) is 0 Å². The Bertz CT molecular complexity index is 952. The van der Waals surface area contributed by atoms with E-state index < -0.39 is 0 Å². The molecule has 2 aliphatic rings. The molecule has 5 heterocycles. The zero-order valence-corrected chi connectivity index (χ0v) is 17.1. The van der Waals surface area contributed by atoms with Gasteiger partial charge >= 0.3 is 0 Å². The van der Waals surface area contributed by atoms with Gasteiger partial charge in [0.2, 0.25) is 0 Å². The van der Waals surface area contributed by atoms with Crippen LogP contribution in [-0.4, -0.2) is 70.9 Å². The van der Waals surface area contributed by atoms with Crippen LogP contribution in [0.2, 0.25) is 0 Å². The van der Waals surface area contributed by atoms with E-state index in [9.17, 15) is 0 Å². The lowest BCUT2D eigenvalue weighted by molar-refractivity contribution is 0.477. The first-order valence-electron chi connectivity index (χ1n) is 9.96. The Morgan fingerprint density at radius 2 is 1.79 bits per heavy atom. The summed E-state index contributed by atoms with van der Waals surface area (Å²) in [6.07, 6.45) is 0. The lowest BCUT2D eigenvalue weighted by atomic mass is 10.2. The Morgan fingerprint density at radius 3 is 2.50 bits per heavy atom. The van der Waals surface area contributed by atoms with Crippen LogP contribution in [-0.2, 0) is 0 Å². The first-order valence-corrected chi connectivity index (χ1v) is 10.8. The molecule has 148 valence electrons. The fourth-order valence-electron chi connectivity index (χ4n) is 4.02. The first-order chi connectivity index (χ1) is 13.7. The van der Waals surface area contributed by atoms with Gasteiger partial charge in [-0.05, 0) is 25.3 Å². The quantitative estimate of drug-likeness (QED) is 0.692. The van der Waals surface area contributed by atoms with Crippen LogP contribution in [0.3, 0.4) is 0 Å². The van der Waals surface area contributed by atoms with Gasteiger partial charge in [-0.2, -0.15) is 14.5 Å². The van der Waals surface area contributed by atoms with Crippen molar-refractivity contribution in [1.29, 1.82) is 0 Å². The van der Waals surface area contributed by atoms with E-state index in [0.29, 0.717) is 17.9 Å². The topological polar surface area (TPSA) is 73.6 Å². The molecule has 2 fully saturated rings. The zero-order valence-electron chi connectivity index (χ0n) is 16.3. The average Bonchev–Trinajstić information content (AvgIpc) is 3.36. The molecule has 0 radical (unpaired) electrons. The summed E-state index contributed by atoms with van der Waals surface area (Å²) < 4.78 is 1.92. The van der Waals surface area contributed by atoms with Gasteiger partial charge in [0.15, 0.2) is 5.82 Å². The van der Waals surface area contributed by atoms with Crippen molar-refractivity contribution in [2.24, 2.45) is 0 Å². The van der Waals surface area contributed by atoms with Crippen molar-refractivity contribution in [3.05, 3.63) is 23.6 Å².